The molecular weight excluding hydrogens is 230 g/mol. The van der Waals surface area contributed by atoms with Gasteiger partial charge in [-0.3, -0.25) is 4.79 Å². The summed E-state index contributed by atoms with van der Waals surface area (Å²) in [6.45, 7) is 3.66. The Hall–Kier alpha value is -0.610. The average Bonchev–Trinajstić information content (AvgIpc) is 3.18. The lowest BCUT2D eigenvalue weighted by atomic mass is 9.80. The fourth-order valence-electron chi connectivity index (χ4n) is 2.72. The van der Waals surface area contributed by atoms with Crippen LogP contribution in [0.2, 0.25) is 0 Å². The Morgan fingerprint density at radius 2 is 2.22 bits per heavy atom. The van der Waals surface area contributed by atoms with E-state index in [-0.39, 0.29) is 6.10 Å². The molecule has 2 fully saturated rings. The fourth-order valence-corrected chi connectivity index (χ4v) is 2.72. The Labute approximate surface area is 109 Å². The van der Waals surface area contributed by atoms with Crippen molar-refractivity contribution in [2.75, 3.05) is 13.2 Å². The van der Waals surface area contributed by atoms with E-state index in [1.165, 1.54) is 12.8 Å². The second kappa shape index (κ2) is 6.02. The number of hydrogen-bond acceptors (Lipinski definition) is 3. The molecule has 2 saturated carbocycles. The summed E-state index contributed by atoms with van der Waals surface area (Å²) >= 11 is 0. The second-order valence-electron chi connectivity index (χ2n) is 5.81. The molecule has 0 amide bonds. The summed E-state index contributed by atoms with van der Waals surface area (Å²) in [4.78, 5) is 11.6. The molecule has 0 aliphatic heterocycles. The fraction of sp³-hybridized carbons (Fsp3) is 0.929. The molecule has 0 aromatic heterocycles. The van der Waals surface area contributed by atoms with Gasteiger partial charge in [-0.05, 0) is 51.0 Å². The molecule has 2 aliphatic carbocycles. The minimum absolute atomic E-state index is 0.125. The van der Waals surface area contributed by atoms with Gasteiger partial charge in [-0.1, -0.05) is 6.92 Å². The monoisotopic (exact) mass is 255 g/mol. The molecule has 0 aromatic rings. The van der Waals surface area contributed by atoms with E-state index >= 15 is 0 Å². The smallest absolute Gasteiger partial charge is 0.323 e. The van der Waals surface area contributed by atoms with E-state index in [4.69, 9.17) is 4.74 Å². The van der Waals surface area contributed by atoms with Crippen molar-refractivity contribution in [3.8, 4) is 0 Å². The quantitative estimate of drug-likeness (QED) is 0.732. The van der Waals surface area contributed by atoms with Crippen LogP contribution in [0.3, 0.4) is 0 Å². The van der Waals surface area contributed by atoms with Crippen LogP contribution in [0.4, 0.5) is 0 Å². The van der Waals surface area contributed by atoms with Gasteiger partial charge < -0.3 is 15.2 Å². The number of rotatable bonds is 7. The van der Waals surface area contributed by atoms with E-state index in [0.29, 0.717) is 6.42 Å². The molecule has 0 radical (unpaired) electrons. The lowest BCUT2D eigenvalue weighted by Gasteiger charge is -2.38. The van der Waals surface area contributed by atoms with E-state index < -0.39 is 11.5 Å². The van der Waals surface area contributed by atoms with Gasteiger partial charge in [0.1, 0.15) is 5.54 Å². The molecule has 0 spiro atoms. The maximum absolute atomic E-state index is 11.6. The summed E-state index contributed by atoms with van der Waals surface area (Å²) in [5, 5.41) is 12.7. The summed E-state index contributed by atoms with van der Waals surface area (Å²) in [7, 11) is 0. The Morgan fingerprint density at radius 1 is 1.44 bits per heavy atom. The van der Waals surface area contributed by atoms with Gasteiger partial charge in [0.15, 0.2) is 0 Å². The van der Waals surface area contributed by atoms with Crippen molar-refractivity contribution >= 4 is 5.97 Å². The third-order valence-corrected chi connectivity index (χ3v) is 4.09. The minimum Gasteiger partial charge on any atom is -0.480 e. The molecule has 2 aliphatic rings. The van der Waals surface area contributed by atoms with Crippen LogP contribution in [0.25, 0.3) is 0 Å². The van der Waals surface area contributed by atoms with Crippen LogP contribution >= 0.6 is 0 Å². The average molecular weight is 255 g/mol. The van der Waals surface area contributed by atoms with Gasteiger partial charge in [0.25, 0.3) is 0 Å². The van der Waals surface area contributed by atoms with Gasteiger partial charge >= 0.3 is 5.97 Å². The molecule has 4 heteroatoms. The molecule has 0 heterocycles. The Bertz CT molecular complexity index is 291. The molecule has 2 atom stereocenters. The van der Waals surface area contributed by atoms with Gasteiger partial charge in [-0.15, -0.1) is 0 Å². The molecule has 2 rings (SSSR count). The molecule has 4 nitrogen and oxygen atoms in total. The number of aliphatic carboxylic acids is 1. The molecule has 0 bridgehead atoms. The topological polar surface area (TPSA) is 58.6 Å². The highest BCUT2D eigenvalue weighted by Gasteiger charge is 2.43. The van der Waals surface area contributed by atoms with Crippen LogP contribution in [0.15, 0.2) is 0 Å². The maximum atomic E-state index is 11.6. The summed E-state index contributed by atoms with van der Waals surface area (Å²) in [6.07, 6.45) is 6.95. The molecule has 18 heavy (non-hydrogen) atoms. The van der Waals surface area contributed by atoms with Crippen molar-refractivity contribution in [3.63, 3.8) is 0 Å². The first kappa shape index (κ1) is 13.8. The number of carboxylic acid groups (broad SMARTS) is 1. The van der Waals surface area contributed by atoms with Gasteiger partial charge in [-0.25, -0.2) is 0 Å². The number of carboxylic acids is 1. The first-order chi connectivity index (χ1) is 8.66. The lowest BCUT2D eigenvalue weighted by Crippen LogP contribution is -2.56. The summed E-state index contributed by atoms with van der Waals surface area (Å²) in [5.74, 6) is 0.0328. The molecule has 0 saturated heterocycles. The Morgan fingerprint density at radius 3 is 2.83 bits per heavy atom. The van der Waals surface area contributed by atoms with Gasteiger partial charge in [0.05, 0.1) is 6.10 Å². The zero-order chi connectivity index (χ0) is 13.0. The third-order valence-electron chi connectivity index (χ3n) is 4.09. The van der Waals surface area contributed by atoms with Crippen molar-refractivity contribution in [3.05, 3.63) is 0 Å². The van der Waals surface area contributed by atoms with E-state index in [1.807, 2.05) is 0 Å². The highest BCUT2D eigenvalue weighted by atomic mass is 16.5. The number of ether oxygens (including phenoxy) is 1. The van der Waals surface area contributed by atoms with Crippen LogP contribution in [-0.2, 0) is 9.53 Å². The molecule has 0 aromatic carbocycles. The minimum atomic E-state index is -0.748. The predicted octanol–water partition coefficient (Wildman–Crippen LogP) is 2.18. The zero-order valence-corrected chi connectivity index (χ0v) is 11.3. The Kier molecular flexibility index (Phi) is 4.62. The van der Waals surface area contributed by atoms with Crippen molar-refractivity contribution in [2.45, 2.75) is 63.5 Å². The highest BCUT2D eigenvalue weighted by molar-refractivity contribution is 5.79. The maximum Gasteiger partial charge on any atom is 0.323 e. The van der Waals surface area contributed by atoms with E-state index in [1.54, 1.807) is 0 Å². The van der Waals surface area contributed by atoms with Crippen LogP contribution in [0, 0.1) is 5.92 Å². The van der Waals surface area contributed by atoms with Crippen LogP contribution in [0.1, 0.15) is 51.9 Å². The second-order valence-corrected chi connectivity index (χ2v) is 5.81. The first-order valence-corrected chi connectivity index (χ1v) is 7.26. The standard InChI is InChI=1S/C14H25NO3/c1-2-8-15-14(13(16)17)7-3-4-12(9-14)18-10-11-5-6-11/h11-12,15H,2-10H2,1H3,(H,16,17). The number of nitrogens with one attached hydrogen (secondary N) is 1. The van der Waals surface area contributed by atoms with Crippen molar-refractivity contribution in [1.82, 2.24) is 5.32 Å². The highest BCUT2D eigenvalue weighted by Crippen LogP contribution is 2.34. The van der Waals surface area contributed by atoms with E-state index in [9.17, 15) is 9.90 Å². The van der Waals surface area contributed by atoms with Crippen LogP contribution < -0.4 is 5.32 Å². The van der Waals surface area contributed by atoms with E-state index in [2.05, 4.69) is 12.2 Å². The lowest BCUT2D eigenvalue weighted by molar-refractivity contribution is -0.149. The third kappa shape index (κ3) is 3.45. The predicted molar refractivity (Wildman–Crippen MR) is 69.6 cm³/mol. The molecule has 2 N–H and O–H groups in total. The zero-order valence-electron chi connectivity index (χ0n) is 11.3. The van der Waals surface area contributed by atoms with Gasteiger partial charge in [0.2, 0.25) is 0 Å². The summed E-state index contributed by atoms with van der Waals surface area (Å²) in [6, 6.07) is 0. The molecule has 2 unspecified atom stereocenters. The first-order valence-electron chi connectivity index (χ1n) is 7.26. The van der Waals surface area contributed by atoms with Crippen LogP contribution in [-0.4, -0.2) is 35.9 Å². The van der Waals surface area contributed by atoms with E-state index in [0.717, 1.165) is 44.8 Å². The number of hydrogen-bond donors (Lipinski definition) is 2. The summed E-state index contributed by atoms with van der Waals surface area (Å²) in [5.41, 5.74) is -0.748. The number of carbonyl (C=O) groups is 1. The van der Waals surface area contributed by atoms with Gasteiger partial charge in [0, 0.05) is 13.0 Å². The normalized spacial score (nSPS) is 32.4. The SMILES string of the molecule is CCCNC1(C(=O)O)CCCC(OCC2CC2)C1. The Balaban J connectivity index is 1.89. The molecular formula is C14H25NO3. The largest absolute Gasteiger partial charge is 0.480 e. The van der Waals surface area contributed by atoms with Crippen molar-refractivity contribution < 1.29 is 14.6 Å². The van der Waals surface area contributed by atoms with Crippen molar-refractivity contribution in [2.24, 2.45) is 5.92 Å². The van der Waals surface area contributed by atoms with Gasteiger partial charge in [-0.2, -0.15) is 0 Å². The van der Waals surface area contributed by atoms with Crippen LogP contribution in [0.5, 0.6) is 0 Å². The van der Waals surface area contributed by atoms with Crippen molar-refractivity contribution in [1.29, 1.82) is 0 Å². The summed E-state index contributed by atoms with van der Waals surface area (Å²) < 4.78 is 5.89. The molecule has 104 valence electrons.